The molecule has 0 spiro atoms. The van der Waals surface area contributed by atoms with Crippen LogP contribution in [0.15, 0.2) is 30.3 Å². The SMILES string of the molecule is O=C(CCCCCO)NC1CCC(c2ccccc2)CC1. The van der Waals surface area contributed by atoms with Crippen LogP contribution in [-0.4, -0.2) is 23.7 Å². The molecule has 0 heterocycles. The maximum Gasteiger partial charge on any atom is 0.220 e. The van der Waals surface area contributed by atoms with Crippen LogP contribution >= 0.6 is 0 Å². The minimum atomic E-state index is 0.177. The highest BCUT2D eigenvalue weighted by Gasteiger charge is 2.23. The first-order valence-electron chi connectivity index (χ1n) is 8.24. The van der Waals surface area contributed by atoms with Crippen molar-refractivity contribution in [3.63, 3.8) is 0 Å². The molecular formula is C18H27NO2. The number of rotatable bonds is 7. The number of benzene rings is 1. The summed E-state index contributed by atoms with van der Waals surface area (Å²) in [5, 5.41) is 11.9. The molecule has 3 nitrogen and oxygen atoms in total. The summed E-state index contributed by atoms with van der Waals surface area (Å²) < 4.78 is 0. The summed E-state index contributed by atoms with van der Waals surface area (Å²) in [6.45, 7) is 0.227. The lowest BCUT2D eigenvalue weighted by molar-refractivity contribution is -0.122. The van der Waals surface area contributed by atoms with Crippen LogP contribution in [0.3, 0.4) is 0 Å². The van der Waals surface area contributed by atoms with E-state index in [-0.39, 0.29) is 12.5 Å². The third-order valence-electron chi connectivity index (χ3n) is 4.43. The first kappa shape index (κ1) is 16.0. The van der Waals surface area contributed by atoms with Crippen molar-refractivity contribution in [2.75, 3.05) is 6.61 Å². The van der Waals surface area contributed by atoms with E-state index in [4.69, 9.17) is 5.11 Å². The highest BCUT2D eigenvalue weighted by atomic mass is 16.2. The molecule has 1 fully saturated rings. The number of aliphatic hydroxyl groups excluding tert-OH is 1. The number of carbonyl (C=O) groups is 1. The summed E-state index contributed by atoms with van der Waals surface area (Å²) in [6.07, 6.45) is 7.72. The van der Waals surface area contributed by atoms with Gasteiger partial charge in [-0.2, -0.15) is 0 Å². The van der Waals surface area contributed by atoms with Crippen molar-refractivity contribution < 1.29 is 9.90 Å². The Bertz CT molecular complexity index is 410. The molecule has 3 heteroatoms. The van der Waals surface area contributed by atoms with Gasteiger partial charge in [0.05, 0.1) is 0 Å². The molecule has 0 aliphatic heterocycles. The van der Waals surface area contributed by atoms with Crippen molar-refractivity contribution in [3.8, 4) is 0 Å². The number of aliphatic hydroxyl groups is 1. The van der Waals surface area contributed by atoms with Crippen LogP contribution in [0.4, 0.5) is 0 Å². The van der Waals surface area contributed by atoms with Crippen LogP contribution in [0.25, 0.3) is 0 Å². The zero-order chi connectivity index (χ0) is 14.9. The second kappa shape index (κ2) is 8.83. The van der Waals surface area contributed by atoms with Crippen molar-refractivity contribution in [1.29, 1.82) is 0 Å². The second-order valence-electron chi connectivity index (χ2n) is 6.06. The molecule has 21 heavy (non-hydrogen) atoms. The molecule has 1 aliphatic carbocycles. The van der Waals surface area contributed by atoms with Gasteiger partial charge in [-0.05, 0) is 50.0 Å². The average Bonchev–Trinajstić information content (AvgIpc) is 2.53. The lowest BCUT2D eigenvalue weighted by Crippen LogP contribution is -2.37. The molecular weight excluding hydrogens is 262 g/mol. The molecule has 0 atom stereocenters. The van der Waals surface area contributed by atoms with Crippen LogP contribution in [0.5, 0.6) is 0 Å². The summed E-state index contributed by atoms with van der Waals surface area (Å²) in [4.78, 5) is 11.9. The summed E-state index contributed by atoms with van der Waals surface area (Å²) in [7, 11) is 0. The quantitative estimate of drug-likeness (QED) is 0.756. The first-order chi connectivity index (χ1) is 10.3. The van der Waals surface area contributed by atoms with E-state index in [9.17, 15) is 4.79 Å². The minimum absolute atomic E-state index is 0.177. The average molecular weight is 289 g/mol. The van der Waals surface area contributed by atoms with Crippen LogP contribution in [0.1, 0.15) is 62.8 Å². The van der Waals surface area contributed by atoms with Crippen LogP contribution in [0.2, 0.25) is 0 Å². The number of hydrogen-bond acceptors (Lipinski definition) is 2. The van der Waals surface area contributed by atoms with Gasteiger partial charge in [0, 0.05) is 19.1 Å². The van der Waals surface area contributed by atoms with Crippen molar-refractivity contribution in [2.24, 2.45) is 0 Å². The highest BCUT2D eigenvalue weighted by molar-refractivity contribution is 5.76. The van der Waals surface area contributed by atoms with Crippen molar-refractivity contribution in [2.45, 2.75) is 63.3 Å². The smallest absolute Gasteiger partial charge is 0.220 e. The Morgan fingerprint density at radius 1 is 1.05 bits per heavy atom. The molecule has 0 radical (unpaired) electrons. The summed E-state index contributed by atoms with van der Waals surface area (Å²) in [5.41, 5.74) is 1.44. The van der Waals surface area contributed by atoms with E-state index in [0.717, 1.165) is 32.1 Å². The maximum atomic E-state index is 11.9. The van der Waals surface area contributed by atoms with Crippen LogP contribution < -0.4 is 5.32 Å². The molecule has 1 aromatic rings. The summed E-state index contributed by atoms with van der Waals surface area (Å²) in [6, 6.07) is 11.1. The van der Waals surface area contributed by atoms with E-state index in [1.54, 1.807) is 0 Å². The Kier molecular flexibility index (Phi) is 6.74. The van der Waals surface area contributed by atoms with Crippen molar-refractivity contribution in [3.05, 3.63) is 35.9 Å². The summed E-state index contributed by atoms with van der Waals surface area (Å²) >= 11 is 0. The summed E-state index contributed by atoms with van der Waals surface area (Å²) in [5.74, 6) is 0.833. The third kappa shape index (κ3) is 5.50. The Morgan fingerprint density at radius 2 is 1.76 bits per heavy atom. The van der Waals surface area contributed by atoms with Crippen LogP contribution in [-0.2, 0) is 4.79 Å². The largest absolute Gasteiger partial charge is 0.396 e. The van der Waals surface area contributed by atoms with E-state index in [0.29, 0.717) is 18.4 Å². The standard InChI is InChI=1S/C18H27NO2/c20-14-6-2-5-9-18(21)19-17-12-10-16(11-13-17)15-7-3-1-4-8-15/h1,3-4,7-8,16-17,20H,2,5-6,9-14H2,(H,19,21). The molecule has 2 N–H and O–H groups in total. The predicted molar refractivity (Wildman–Crippen MR) is 85.1 cm³/mol. The fraction of sp³-hybridized carbons (Fsp3) is 0.611. The topological polar surface area (TPSA) is 49.3 Å². The van der Waals surface area contributed by atoms with Gasteiger partial charge in [-0.15, -0.1) is 0 Å². The number of unbranched alkanes of at least 4 members (excludes halogenated alkanes) is 2. The number of nitrogens with one attached hydrogen (secondary N) is 1. The molecule has 1 aromatic carbocycles. The van der Waals surface area contributed by atoms with E-state index >= 15 is 0 Å². The minimum Gasteiger partial charge on any atom is -0.396 e. The van der Waals surface area contributed by atoms with E-state index < -0.39 is 0 Å². The molecule has 1 aliphatic rings. The van der Waals surface area contributed by atoms with Crippen molar-refractivity contribution >= 4 is 5.91 Å². The zero-order valence-electron chi connectivity index (χ0n) is 12.8. The number of amides is 1. The number of hydrogen-bond donors (Lipinski definition) is 2. The molecule has 1 saturated carbocycles. The Balaban J connectivity index is 1.66. The van der Waals surface area contributed by atoms with Gasteiger partial charge in [-0.3, -0.25) is 4.79 Å². The van der Waals surface area contributed by atoms with Gasteiger partial charge in [0.25, 0.3) is 0 Å². The molecule has 0 unspecified atom stereocenters. The van der Waals surface area contributed by atoms with Crippen molar-refractivity contribution in [1.82, 2.24) is 5.32 Å². The maximum absolute atomic E-state index is 11.9. The molecule has 116 valence electrons. The van der Waals surface area contributed by atoms with Gasteiger partial charge in [0.15, 0.2) is 0 Å². The Hall–Kier alpha value is -1.35. The Morgan fingerprint density at radius 3 is 2.43 bits per heavy atom. The monoisotopic (exact) mass is 289 g/mol. The van der Waals surface area contributed by atoms with E-state index in [1.165, 1.54) is 18.4 Å². The molecule has 2 rings (SSSR count). The number of carbonyl (C=O) groups excluding carboxylic acids is 1. The van der Waals surface area contributed by atoms with Gasteiger partial charge in [-0.25, -0.2) is 0 Å². The van der Waals surface area contributed by atoms with Gasteiger partial charge < -0.3 is 10.4 Å². The third-order valence-corrected chi connectivity index (χ3v) is 4.43. The van der Waals surface area contributed by atoms with Gasteiger partial charge in [-0.1, -0.05) is 36.8 Å². The van der Waals surface area contributed by atoms with Crippen LogP contribution in [0, 0.1) is 0 Å². The Labute approximate surface area is 127 Å². The highest BCUT2D eigenvalue weighted by Crippen LogP contribution is 2.32. The van der Waals surface area contributed by atoms with E-state index in [2.05, 4.69) is 35.6 Å². The molecule has 0 aromatic heterocycles. The lowest BCUT2D eigenvalue weighted by atomic mass is 9.82. The first-order valence-corrected chi connectivity index (χ1v) is 8.24. The fourth-order valence-electron chi connectivity index (χ4n) is 3.17. The van der Waals surface area contributed by atoms with Gasteiger partial charge in [0.2, 0.25) is 5.91 Å². The van der Waals surface area contributed by atoms with Gasteiger partial charge in [0.1, 0.15) is 0 Å². The van der Waals surface area contributed by atoms with Gasteiger partial charge >= 0.3 is 0 Å². The fourth-order valence-corrected chi connectivity index (χ4v) is 3.17. The molecule has 1 amide bonds. The normalized spacial score (nSPS) is 22.0. The zero-order valence-corrected chi connectivity index (χ0v) is 12.8. The molecule has 0 saturated heterocycles. The van der Waals surface area contributed by atoms with E-state index in [1.807, 2.05) is 0 Å². The second-order valence-corrected chi connectivity index (χ2v) is 6.06. The lowest BCUT2D eigenvalue weighted by Gasteiger charge is -2.29. The predicted octanol–water partition coefficient (Wildman–Crippen LogP) is 3.38. The molecule has 0 bridgehead atoms.